The van der Waals surface area contributed by atoms with Crippen molar-refractivity contribution in [3.63, 3.8) is 0 Å². The molecule has 0 spiro atoms. The van der Waals surface area contributed by atoms with Crippen molar-refractivity contribution < 1.29 is 0 Å². The smallest absolute Gasteiger partial charge is 0.0880 e. The van der Waals surface area contributed by atoms with E-state index < -0.39 is 0 Å². The van der Waals surface area contributed by atoms with E-state index in [0.29, 0.717) is 6.04 Å². The van der Waals surface area contributed by atoms with Crippen LogP contribution < -0.4 is 0 Å². The van der Waals surface area contributed by atoms with Crippen LogP contribution in [0.5, 0.6) is 0 Å². The molecule has 0 saturated carbocycles. The Morgan fingerprint density at radius 2 is 1.58 bits per heavy atom. The molecule has 0 aliphatic heterocycles. The van der Waals surface area contributed by atoms with Crippen molar-refractivity contribution >= 4 is 22.1 Å². The molecule has 0 radical (unpaired) electrons. The Bertz CT molecular complexity index is 982. The van der Waals surface area contributed by atoms with Gasteiger partial charge >= 0.3 is 0 Å². The van der Waals surface area contributed by atoms with Crippen molar-refractivity contribution in [3.05, 3.63) is 61.2 Å². The zero-order chi connectivity index (χ0) is 17.8. The minimum atomic E-state index is 0.560. The average Bonchev–Trinajstić information content (AvgIpc) is 3.29. The molecule has 4 heterocycles. The second-order valence-corrected chi connectivity index (χ2v) is 6.99. The summed E-state index contributed by atoms with van der Waals surface area (Å²) in [4.78, 5) is 8.89. The summed E-state index contributed by atoms with van der Waals surface area (Å²) >= 11 is 0. The van der Waals surface area contributed by atoms with E-state index in [1.165, 1.54) is 43.1 Å². The maximum atomic E-state index is 4.47. The van der Waals surface area contributed by atoms with E-state index in [1.807, 2.05) is 24.5 Å². The van der Waals surface area contributed by atoms with Crippen LogP contribution in [0, 0.1) is 0 Å². The van der Waals surface area contributed by atoms with Gasteiger partial charge in [0.15, 0.2) is 0 Å². The largest absolute Gasteiger partial charge is 0.346 e. The fraction of sp³-hybridized carbons (Fsp3) is 0.364. The first-order valence-electron chi connectivity index (χ1n) is 9.68. The summed E-state index contributed by atoms with van der Waals surface area (Å²) in [5, 5.41) is 0. The summed E-state index contributed by atoms with van der Waals surface area (Å²) < 4.78 is 4.76. The predicted octanol–water partition coefficient (Wildman–Crippen LogP) is 5.60. The third-order valence-electron chi connectivity index (χ3n) is 5.23. The third-order valence-corrected chi connectivity index (χ3v) is 5.23. The molecule has 26 heavy (non-hydrogen) atoms. The summed E-state index contributed by atoms with van der Waals surface area (Å²) in [7, 11) is 0. The van der Waals surface area contributed by atoms with Gasteiger partial charge in [-0.3, -0.25) is 9.97 Å². The van der Waals surface area contributed by atoms with Gasteiger partial charge < -0.3 is 9.13 Å². The molecule has 4 nitrogen and oxygen atoms in total. The van der Waals surface area contributed by atoms with E-state index in [1.54, 1.807) is 0 Å². The van der Waals surface area contributed by atoms with Crippen LogP contribution in [0.15, 0.2) is 61.2 Å². The first-order chi connectivity index (χ1) is 12.9. The van der Waals surface area contributed by atoms with Crippen molar-refractivity contribution in [2.45, 2.75) is 51.6 Å². The molecule has 4 aromatic rings. The van der Waals surface area contributed by atoms with Gasteiger partial charge in [-0.2, -0.15) is 0 Å². The number of unbranched alkanes of at least 4 members (excludes halogenated alkanes) is 1. The van der Waals surface area contributed by atoms with Crippen molar-refractivity contribution in [2.75, 3.05) is 0 Å². The zero-order valence-electron chi connectivity index (χ0n) is 15.4. The zero-order valence-corrected chi connectivity index (χ0v) is 15.4. The third kappa shape index (κ3) is 3.36. The second-order valence-electron chi connectivity index (χ2n) is 6.99. The SMILES string of the molecule is CCCC(CCCCn1ccc2ncccc21)n1ccc2ncccc21. The normalized spacial score (nSPS) is 12.8. The highest BCUT2D eigenvalue weighted by Crippen LogP contribution is 2.26. The van der Waals surface area contributed by atoms with Gasteiger partial charge in [0, 0.05) is 37.4 Å². The molecule has 134 valence electrons. The Morgan fingerprint density at radius 3 is 2.38 bits per heavy atom. The van der Waals surface area contributed by atoms with Gasteiger partial charge in [-0.05, 0) is 62.1 Å². The van der Waals surface area contributed by atoms with Crippen LogP contribution in [0.25, 0.3) is 22.1 Å². The molecule has 0 bridgehead atoms. The molecule has 0 aliphatic rings. The number of aromatic nitrogens is 4. The molecule has 0 N–H and O–H groups in total. The van der Waals surface area contributed by atoms with E-state index in [-0.39, 0.29) is 0 Å². The Kier molecular flexibility index (Phi) is 5.00. The van der Waals surface area contributed by atoms with E-state index in [0.717, 1.165) is 17.6 Å². The van der Waals surface area contributed by atoms with E-state index in [4.69, 9.17) is 0 Å². The van der Waals surface area contributed by atoms with Gasteiger partial charge in [0.05, 0.1) is 22.1 Å². The number of rotatable bonds is 8. The Hall–Kier alpha value is -2.62. The summed E-state index contributed by atoms with van der Waals surface area (Å²) in [6.45, 7) is 3.33. The maximum Gasteiger partial charge on any atom is 0.0880 e. The number of nitrogens with zero attached hydrogens (tertiary/aromatic N) is 4. The predicted molar refractivity (Wildman–Crippen MR) is 107 cm³/mol. The average molecular weight is 346 g/mol. The standard InChI is InChI=1S/C22H26N4/c1-2-7-18(26-17-12-20-22(26)10-6-14-24-20)8-3-4-15-25-16-11-19-21(25)9-5-13-23-19/h5-6,9-14,16-18H,2-4,7-8,15H2,1H3. The molecule has 1 atom stereocenters. The summed E-state index contributed by atoms with van der Waals surface area (Å²) in [5.41, 5.74) is 4.68. The van der Waals surface area contributed by atoms with Gasteiger partial charge in [0.1, 0.15) is 0 Å². The molecular formula is C22H26N4. The molecule has 0 saturated heterocycles. The maximum absolute atomic E-state index is 4.47. The molecule has 0 amide bonds. The van der Waals surface area contributed by atoms with E-state index in [9.17, 15) is 0 Å². The first kappa shape index (κ1) is 16.8. The Labute approximate surface area is 154 Å². The monoisotopic (exact) mass is 346 g/mol. The fourth-order valence-electron chi connectivity index (χ4n) is 3.94. The van der Waals surface area contributed by atoms with E-state index >= 15 is 0 Å². The minimum Gasteiger partial charge on any atom is -0.346 e. The molecule has 0 aliphatic carbocycles. The van der Waals surface area contributed by atoms with Gasteiger partial charge in [-0.1, -0.05) is 13.3 Å². The Morgan fingerprint density at radius 1 is 0.846 bits per heavy atom. The molecule has 0 aromatic carbocycles. The van der Waals surface area contributed by atoms with Crippen molar-refractivity contribution in [3.8, 4) is 0 Å². The molecule has 4 aromatic heterocycles. The Balaban J connectivity index is 1.40. The van der Waals surface area contributed by atoms with Crippen LogP contribution in [0.3, 0.4) is 0 Å². The second kappa shape index (κ2) is 7.73. The number of pyridine rings is 2. The van der Waals surface area contributed by atoms with Gasteiger partial charge in [-0.15, -0.1) is 0 Å². The molecule has 1 unspecified atom stereocenters. The molecule has 4 heteroatoms. The van der Waals surface area contributed by atoms with Crippen LogP contribution in [0.4, 0.5) is 0 Å². The highest BCUT2D eigenvalue weighted by Gasteiger charge is 2.12. The first-order valence-corrected chi connectivity index (χ1v) is 9.68. The number of aryl methyl sites for hydroxylation is 1. The van der Waals surface area contributed by atoms with Crippen molar-refractivity contribution in [2.24, 2.45) is 0 Å². The van der Waals surface area contributed by atoms with Gasteiger partial charge in [0.2, 0.25) is 0 Å². The summed E-state index contributed by atoms with van der Waals surface area (Å²) in [6, 6.07) is 13.2. The summed E-state index contributed by atoms with van der Waals surface area (Å²) in [5.74, 6) is 0. The van der Waals surface area contributed by atoms with Crippen molar-refractivity contribution in [1.29, 1.82) is 0 Å². The highest BCUT2D eigenvalue weighted by molar-refractivity contribution is 5.76. The van der Waals surface area contributed by atoms with Crippen LogP contribution in [0.2, 0.25) is 0 Å². The van der Waals surface area contributed by atoms with Crippen LogP contribution in [0.1, 0.15) is 45.1 Å². The van der Waals surface area contributed by atoms with Gasteiger partial charge in [0.25, 0.3) is 0 Å². The van der Waals surface area contributed by atoms with Crippen LogP contribution in [-0.4, -0.2) is 19.1 Å². The van der Waals surface area contributed by atoms with Crippen LogP contribution in [-0.2, 0) is 6.54 Å². The molecule has 0 fully saturated rings. The molecule has 4 rings (SSSR count). The number of hydrogen-bond donors (Lipinski definition) is 0. The van der Waals surface area contributed by atoms with Gasteiger partial charge in [-0.25, -0.2) is 0 Å². The number of fused-ring (bicyclic) bond motifs is 2. The lowest BCUT2D eigenvalue weighted by atomic mass is 10.0. The topological polar surface area (TPSA) is 35.6 Å². The lowest BCUT2D eigenvalue weighted by Crippen LogP contribution is -2.08. The minimum absolute atomic E-state index is 0.560. The molecular weight excluding hydrogens is 320 g/mol. The van der Waals surface area contributed by atoms with Crippen LogP contribution >= 0.6 is 0 Å². The lowest BCUT2D eigenvalue weighted by molar-refractivity contribution is 0.417. The quantitative estimate of drug-likeness (QED) is 0.389. The highest BCUT2D eigenvalue weighted by atomic mass is 15.0. The van der Waals surface area contributed by atoms with Crippen molar-refractivity contribution in [1.82, 2.24) is 19.1 Å². The lowest BCUT2D eigenvalue weighted by Gasteiger charge is -2.19. The summed E-state index contributed by atoms with van der Waals surface area (Å²) in [6.07, 6.45) is 14.2. The van der Waals surface area contributed by atoms with E-state index in [2.05, 4.69) is 62.7 Å². The number of hydrogen-bond acceptors (Lipinski definition) is 2. The fourth-order valence-corrected chi connectivity index (χ4v) is 3.94.